The van der Waals surface area contributed by atoms with Crippen LogP contribution in [0.1, 0.15) is 24.0 Å². The minimum absolute atomic E-state index is 0.109. The van der Waals surface area contributed by atoms with Crippen LogP contribution in [0.5, 0.6) is 5.75 Å². The summed E-state index contributed by atoms with van der Waals surface area (Å²) >= 11 is 0. The number of aryl methyl sites for hydroxylation is 1. The number of piperidine rings is 1. The lowest BCUT2D eigenvalue weighted by Crippen LogP contribution is -2.47. The van der Waals surface area contributed by atoms with Crippen LogP contribution in [0.2, 0.25) is 0 Å². The Hall–Kier alpha value is -3.38. The van der Waals surface area contributed by atoms with Gasteiger partial charge in [0.2, 0.25) is 0 Å². The Balaban J connectivity index is 1.36. The molecule has 1 aliphatic carbocycles. The molecule has 2 atom stereocenters. The number of carbonyl (C=O) groups excluding carboxylic acids is 1. The molecule has 6 heteroatoms. The molecule has 1 saturated carbocycles. The lowest BCUT2D eigenvalue weighted by molar-refractivity contribution is 0.000954. The topological polar surface area (TPSA) is 53.0 Å². The first-order valence-electron chi connectivity index (χ1n) is 11.8. The van der Waals surface area contributed by atoms with E-state index in [1.807, 2.05) is 6.07 Å². The van der Waals surface area contributed by atoms with Crippen molar-refractivity contribution in [3.63, 3.8) is 0 Å². The molecule has 176 valence electrons. The van der Waals surface area contributed by atoms with Crippen LogP contribution in [0.25, 0.3) is 0 Å². The van der Waals surface area contributed by atoms with Crippen LogP contribution < -0.4 is 4.90 Å². The number of phenols is 1. The molecule has 5 nitrogen and oxygen atoms in total. The van der Waals surface area contributed by atoms with Gasteiger partial charge in [0.05, 0.1) is 11.4 Å². The van der Waals surface area contributed by atoms with E-state index in [1.54, 1.807) is 31.2 Å². The van der Waals surface area contributed by atoms with Gasteiger partial charge in [0, 0.05) is 31.5 Å². The summed E-state index contributed by atoms with van der Waals surface area (Å²) in [5.41, 5.74) is 2.94. The minimum atomic E-state index is -0.516. The Labute approximate surface area is 199 Å². The summed E-state index contributed by atoms with van der Waals surface area (Å²) in [6.45, 7) is 4.49. The number of likely N-dealkylation sites (tertiary alicyclic amines) is 1. The summed E-state index contributed by atoms with van der Waals surface area (Å²) in [6, 6.07) is 21.1. The lowest BCUT2D eigenvalue weighted by atomic mass is 9.94. The van der Waals surface area contributed by atoms with E-state index in [0.29, 0.717) is 16.9 Å². The van der Waals surface area contributed by atoms with E-state index in [9.17, 15) is 14.3 Å². The van der Waals surface area contributed by atoms with Gasteiger partial charge >= 0.3 is 6.09 Å². The van der Waals surface area contributed by atoms with Gasteiger partial charge in [-0.3, -0.25) is 4.90 Å². The molecule has 2 fully saturated rings. The molecule has 0 radical (unpaired) electrons. The highest BCUT2D eigenvalue weighted by molar-refractivity contribution is 5.97. The predicted molar refractivity (Wildman–Crippen MR) is 130 cm³/mol. The van der Waals surface area contributed by atoms with Crippen LogP contribution in [-0.4, -0.2) is 35.3 Å². The predicted octanol–water partition coefficient (Wildman–Crippen LogP) is 6.03. The zero-order chi connectivity index (χ0) is 23.7. The van der Waals surface area contributed by atoms with Gasteiger partial charge in [0.25, 0.3) is 0 Å². The quantitative estimate of drug-likeness (QED) is 0.506. The van der Waals surface area contributed by atoms with Crippen molar-refractivity contribution in [1.82, 2.24) is 4.90 Å². The first kappa shape index (κ1) is 22.4. The van der Waals surface area contributed by atoms with Gasteiger partial charge in [-0.2, -0.15) is 0 Å². The number of benzene rings is 3. The maximum absolute atomic E-state index is 14.1. The van der Waals surface area contributed by atoms with Crippen LogP contribution in [0, 0.1) is 24.6 Å². The van der Waals surface area contributed by atoms with Crippen LogP contribution >= 0.6 is 0 Å². The van der Waals surface area contributed by atoms with E-state index < -0.39 is 11.9 Å². The monoisotopic (exact) mass is 460 g/mol. The molecule has 1 N–H and O–H groups in total. The standard InChI is InChI=1S/C28H29FN2O3/c1-19-14-25(32)12-13-26(19)31(24-9-5-8-23(29)15-24)28(33)34-27-21-10-11-22(27)18-30(17-21)16-20-6-3-2-4-7-20/h2-9,12-15,21-22,27,32H,10-11,16-18H2,1H3. The number of aromatic hydroxyl groups is 1. The van der Waals surface area contributed by atoms with Gasteiger partial charge in [-0.15, -0.1) is 0 Å². The summed E-state index contributed by atoms with van der Waals surface area (Å²) in [5, 5.41) is 9.84. The second kappa shape index (κ2) is 9.47. The molecule has 1 amide bonds. The third kappa shape index (κ3) is 4.64. The first-order chi connectivity index (χ1) is 16.5. The van der Waals surface area contributed by atoms with E-state index in [-0.39, 0.29) is 23.7 Å². The molecule has 2 aliphatic rings. The van der Waals surface area contributed by atoms with E-state index in [2.05, 4.69) is 29.2 Å². The number of ether oxygens (including phenoxy) is 1. The number of carbonyl (C=O) groups is 1. The van der Waals surface area contributed by atoms with Gasteiger partial charge in [-0.05, 0) is 67.3 Å². The number of phenolic OH excluding ortho intramolecular Hbond substituents is 1. The molecule has 1 saturated heterocycles. The zero-order valence-electron chi connectivity index (χ0n) is 19.2. The Morgan fingerprint density at radius 3 is 2.44 bits per heavy atom. The third-order valence-electron chi connectivity index (χ3n) is 6.98. The van der Waals surface area contributed by atoms with Crippen molar-refractivity contribution in [3.05, 3.63) is 89.7 Å². The molecular formula is C28H29FN2O3. The number of rotatable bonds is 5. The number of hydrogen-bond acceptors (Lipinski definition) is 4. The Bertz CT molecular complexity index is 1160. The number of nitrogens with zero attached hydrogens (tertiary/aromatic N) is 2. The van der Waals surface area contributed by atoms with E-state index in [1.165, 1.54) is 28.7 Å². The van der Waals surface area contributed by atoms with Gasteiger partial charge in [-0.25, -0.2) is 14.1 Å². The van der Waals surface area contributed by atoms with Gasteiger partial charge in [0.15, 0.2) is 0 Å². The molecule has 5 rings (SSSR count). The second-order valence-electron chi connectivity index (χ2n) is 9.41. The maximum atomic E-state index is 14.1. The molecular weight excluding hydrogens is 431 g/mol. The van der Waals surface area contributed by atoms with E-state index >= 15 is 0 Å². The van der Waals surface area contributed by atoms with E-state index in [4.69, 9.17) is 4.74 Å². The van der Waals surface area contributed by atoms with Crippen LogP contribution in [0.4, 0.5) is 20.6 Å². The number of hydrogen-bond donors (Lipinski definition) is 1. The lowest BCUT2D eigenvalue weighted by Gasteiger charge is -2.38. The Morgan fingerprint density at radius 1 is 1.03 bits per heavy atom. The van der Waals surface area contributed by atoms with Crippen LogP contribution in [0.3, 0.4) is 0 Å². The number of anilines is 2. The molecule has 0 aromatic heterocycles. The van der Waals surface area contributed by atoms with Crippen molar-refractivity contribution in [2.75, 3.05) is 18.0 Å². The Morgan fingerprint density at radius 2 is 1.76 bits per heavy atom. The maximum Gasteiger partial charge on any atom is 0.419 e. The normalized spacial score (nSPS) is 21.9. The highest BCUT2D eigenvalue weighted by atomic mass is 19.1. The third-order valence-corrected chi connectivity index (χ3v) is 6.98. The summed E-state index contributed by atoms with van der Waals surface area (Å²) in [6.07, 6.45) is 1.39. The van der Waals surface area contributed by atoms with E-state index in [0.717, 1.165) is 32.5 Å². The average Bonchev–Trinajstić information content (AvgIpc) is 3.04. The number of halogens is 1. The van der Waals surface area contributed by atoms with Crippen molar-refractivity contribution in [2.45, 2.75) is 32.4 Å². The SMILES string of the molecule is Cc1cc(O)ccc1N(C(=O)OC1C2CCC1CN(Cc1ccccc1)C2)c1cccc(F)c1. The highest BCUT2D eigenvalue weighted by Gasteiger charge is 2.45. The molecule has 34 heavy (non-hydrogen) atoms. The fourth-order valence-corrected chi connectivity index (χ4v) is 5.45. The molecule has 3 aromatic carbocycles. The molecule has 1 aliphatic heterocycles. The molecule has 0 spiro atoms. The summed E-state index contributed by atoms with van der Waals surface area (Å²) in [4.78, 5) is 17.4. The minimum Gasteiger partial charge on any atom is -0.508 e. The largest absolute Gasteiger partial charge is 0.508 e. The molecule has 1 heterocycles. The van der Waals surface area contributed by atoms with Crippen molar-refractivity contribution in [3.8, 4) is 5.75 Å². The van der Waals surface area contributed by atoms with Gasteiger partial charge in [-0.1, -0.05) is 36.4 Å². The smallest absolute Gasteiger partial charge is 0.419 e. The highest BCUT2D eigenvalue weighted by Crippen LogP contribution is 2.41. The van der Waals surface area contributed by atoms with Gasteiger partial charge < -0.3 is 9.84 Å². The van der Waals surface area contributed by atoms with Crippen LogP contribution in [-0.2, 0) is 11.3 Å². The zero-order valence-corrected chi connectivity index (χ0v) is 19.2. The fourth-order valence-electron chi connectivity index (χ4n) is 5.45. The molecule has 2 bridgehead atoms. The van der Waals surface area contributed by atoms with Crippen LogP contribution in [0.15, 0.2) is 72.8 Å². The summed E-state index contributed by atoms with van der Waals surface area (Å²) in [5.74, 6) is 0.238. The first-order valence-corrected chi connectivity index (χ1v) is 11.8. The van der Waals surface area contributed by atoms with Crippen molar-refractivity contribution < 1.29 is 19.0 Å². The average molecular weight is 461 g/mol. The number of amides is 1. The van der Waals surface area contributed by atoms with Crippen molar-refractivity contribution >= 4 is 17.5 Å². The second-order valence-corrected chi connectivity index (χ2v) is 9.41. The van der Waals surface area contributed by atoms with Crippen molar-refractivity contribution in [1.29, 1.82) is 0 Å². The Kier molecular flexibility index (Phi) is 6.24. The summed E-state index contributed by atoms with van der Waals surface area (Å²) < 4.78 is 20.2. The fraction of sp³-hybridized carbons (Fsp3) is 0.321. The molecule has 3 aromatic rings. The summed E-state index contributed by atoms with van der Waals surface area (Å²) in [7, 11) is 0. The number of fused-ring (bicyclic) bond motifs is 2. The molecule has 2 unspecified atom stereocenters. The van der Waals surface area contributed by atoms with Crippen molar-refractivity contribution in [2.24, 2.45) is 11.8 Å². The van der Waals surface area contributed by atoms with Gasteiger partial charge in [0.1, 0.15) is 17.7 Å².